The van der Waals surface area contributed by atoms with Crippen molar-refractivity contribution >= 4 is 16.6 Å². The summed E-state index contributed by atoms with van der Waals surface area (Å²) in [7, 11) is 0. The predicted molar refractivity (Wildman–Crippen MR) is 81.0 cm³/mol. The quantitative estimate of drug-likeness (QED) is 0.725. The second-order valence-corrected chi connectivity index (χ2v) is 5.06. The van der Waals surface area contributed by atoms with Crippen molar-refractivity contribution < 1.29 is 9.32 Å². The minimum absolute atomic E-state index is 0.101. The van der Waals surface area contributed by atoms with Crippen LogP contribution < -0.4 is 0 Å². The van der Waals surface area contributed by atoms with E-state index in [-0.39, 0.29) is 11.7 Å². The number of benzene rings is 2. The summed E-state index contributed by atoms with van der Waals surface area (Å²) in [5.74, 6) is 0.650. The minimum atomic E-state index is -0.350. The second kappa shape index (κ2) is 5.48. The first-order valence-corrected chi connectivity index (χ1v) is 7.04. The summed E-state index contributed by atoms with van der Waals surface area (Å²) < 4.78 is 5.23. The Labute approximate surface area is 122 Å². The van der Waals surface area contributed by atoms with Crippen molar-refractivity contribution in [3.05, 3.63) is 48.4 Å². The van der Waals surface area contributed by atoms with E-state index in [1.165, 1.54) is 5.39 Å². The Morgan fingerprint density at radius 2 is 1.95 bits per heavy atom. The molecule has 4 nitrogen and oxygen atoms in total. The van der Waals surface area contributed by atoms with E-state index in [1.54, 1.807) is 6.92 Å². The van der Waals surface area contributed by atoms with Gasteiger partial charge in [0, 0.05) is 12.0 Å². The van der Waals surface area contributed by atoms with Crippen molar-refractivity contribution in [3.63, 3.8) is 0 Å². The summed E-state index contributed by atoms with van der Waals surface area (Å²) in [5, 5.41) is 6.28. The number of aromatic nitrogens is 2. The maximum absolute atomic E-state index is 11.7. The van der Waals surface area contributed by atoms with Crippen molar-refractivity contribution in [1.82, 2.24) is 10.1 Å². The molecule has 1 heterocycles. The molecule has 0 fully saturated rings. The lowest BCUT2D eigenvalue weighted by Crippen LogP contribution is -2.07. The number of carbonyl (C=O) groups excluding carboxylic acids is 1. The maximum atomic E-state index is 11.7. The molecule has 0 bridgehead atoms. The summed E-state index contributed by atoms with van der Waals surface area (Å²) in [6, 6.07) is 14.1. The van der Waals surface area contributed by atoms with E-state index in [2.05, 4.69) is 16.2 Å². The van der Waals surface area contributed by atoms with Gasteiger partial charge in [-0.25, -0.2) is 0 Å². The molecule has 3 rings (SSSR count). The molecule has 0 amide bonds. The summed E-state index contributed by atoms with van der Waals surface area (Å²) in [5.41, 5.74) is 0.889. The molecule has 1 aromatic heterocycles. The van der Waals surface area contributed by atoms with Gasteiger partial charge in [-0.05, 0) is 23.8 Å². The standard InChI is InChI=1S/C17H16N2O2/c1-3-15(20)11(2)17-18-16(19-21-17)14-9-8-12-6-4-5-7-13(12)10-14/h4-11H,3H2,1-2H3. The van der Waals surface area contributed by atoms with E-state index < -0.39 is 0 Å². The number of hydrogen-bond acceptors (Lipinski definition) is 4. The Morgan fingerprint density at radius 1 is 1.19 bits per heavy atom. The van der Waals surface area contributed by atoms with Crippen LogP contribution in [0, 0.1) is 0 Å². The Bertz CT molecular complexity index is 792. The van der Waals surface area contributed by atoms with E-state index in [0.29, 0.717) is 18.1 Å². The SMILES string of the molecule is CCC(=O)C(C)c1nc(-c2ccc3ccccc3c2)no1. The summed E-state index contributed by atoms with van der Waals surface area (Å²) >= 11 is 0. The topological polar surface area (TPSA) is 56.0 Å². The van der Waals surface area contributed by atoms with Gasteiger partial charge < -0.3 is 4.52 Å². The first-order chi connectivity index (χ1) is 10.2. The zero-order valence-electron chi connectivity index (χ0n) is 12.0. The number of nitrogens with zero attached hydrogens (tertiary/aromatic N) is 2. The van der Waals surface area contributed by atoms with Crippen LogP contribution in [0.15, 0.2) is 47.0 Å². The molecule has 0 saturated heterocycles. The fraction of sp³-hybridized carbons (Fsp3) is 0.235. The van der Waals surface area contributed by atoms with Crippen molar-refractivity contribution in [1.29, 1.82) is 0 Å². The van der Waals surface area contributed by atoms with Gasteiger partial charge in [-0.3, -0.25) is 4.79 Å². The highest BCUT2D eigenvalue weighted by atomic mass is 16.5. The molecule has 0 radical (unpaired) electrons. The number of fused-ring (bicyclic) bond motifs is 1. The normalized spacial score (nSPS) is 12.5. The van der Waals surface area contributed by atoms with Crippen LogP contribution in [-0.4, -0.2) is 15.9 Å². The van der Waals surface area contributed by atoms with E-state index in [0.717, 1.165) is 10.9 Å². The summed E-state index contributed by atoms with van der Waals surface area (Å²) in [6.07, 6.45) is 0.467. The van der Waals surface area contributed by atoms with Crippen molar-refractivity contribution in [3.8, 4) is 11.4 Å². The molecular formula is C17H16N2O2. The highest BCUT2D eigenvalue weighted by Crippen LogP contribution is 2.24. The highest BCUT2D eigenvalue weighted by molar-refractivity contribution is 5.86. The molecule has 0 N–H and O–H groups in total. The molecule has 0 aliphatic heterocycles. The Balaban J connectivity index is 1.96. The molecule has 0 aliphatic carbocycles. The van der Waals surface area contributed by atoms with Gasteiger partial charge in [0.1, 0.15) is 5.78 Å². The zero-order chi connectivity index (χ0) is 14.8. The van der Waals surface area contributed by atoms with Crippen LogP contribution >= 0.6 is 0 Å². The fourth-order valence-electron chi connectivity index (χ4n) is 2.30. The molecule has 0 saturated carbocycles. The van der Waals surface area contributed by atoms with Crippen LogP contribution in [0.4, 0.5) is 0 Å². The van der Waals surface area contributed by atoms with Crippen LogP contribution in [0.25, 0.3) is 22.2 Å². The highest BCUT2D eigenvalue weighted by Gasteiger charge is 2.20. The van der Waals surface area contributed by atoms with Crippen LogP contribution in [0.5, 0.6) is 0 Å². The third-order valence-electron chi connectivity index (χ3n) is 3.65. The first-order valence-electron chi connectivity index (χ1n) is 7.04. The summed E-state index contributed by atoms with van der Waals surface area (Å²) in [4.78, 5) is 16.1. The summed E-state index contributed by atoms with van der Waals surface area (Å²) in [6.45, 7) is 3.63. The van der Waals surface area contributed by atoms with Crippen LogP contribution in [0.3, 0.4) is 0 Å². The van der Waals surface area contributed by atoms with Gasteiger partial charge in [0.25, 0.3) is 0 Å². The predicted octanol–water partition coefficient (Wildman–Crippen LogP) is 3.97. The molecular weight excluding hydrogens is 264 g/mol. The van der Waals surface area contributed by atoms with Crippen molar-refractivity contribution in [2.75, 3.05) is 0 Å². The molecule has 3 aromatic rings. The average molecular weight is 280 g/mol. The molecule has 0 aliphatic rings. The van der Waals surface area contributed by atoms with Gasteiger partial charge >= 0.3 is 0 Å². The fourth-order valence-corrected chi connectivity index (χ4v) is 2.30. The van der Waals surface area contributed by atoms with Crippen LogP contribution in [0.2, 0.25) is 0 Å². The number of hydrogen-bond donors (Lipinski definition) is 0. The maximum Gasteiger partial charge on any atom is 0.237 e. The lowest BCUT2D eigenvalue weighted by atomic mass is 10.0. The number of ketones is 1. The first kappa shape index (κ1) is 13.5. The van der Waals surface area contributed by atoms with Gasteiger partial charge in [0.15, 0.2) is 0 Å². The van der Waals surface area contributed by atoms with Gasteiger partial charge in [-0.15, -0.1) is 0 Å². The van der Waals surface area contributed by atoms with E-state index in [9.17, 15) is 4.79 Å². The van der Waals surface area contributed by atoms with Crippen molar-refractivity contribution in [2.24, 2.45) is 0 Å². The molecule has 2 aromatic carbocycles. The largest absolute Gasteiger partial charge is 0.338 e. The minimum Gasteiger partial charge on any atom is -0.338 e. The average Bonchev–Trinajstić information content (AvgIpc) is 3.02. The molecule has 0 spiro atoms. The lowest BCUT2D eigenvalue weighted by Gasteiger charge is -2.01. The Kier molecular flexibility index (Phi) is 3.52. The molecule has 1 unspecified atom stereocenters. The smallest absolute Gasteiger partial charge is 0.237 e. The van der Waals surface area contributed by atoms with E-state index >= 15 is 0 Å². The van der Waals surface area contributed by atoms with Crippen molar-refractivity contribution in [2.45, 2.75) is 26.2 Å². The van der Waals surface area contributed by atoms with Crippen LogP contribution in [0.1, 0.15) is 32.1 Å². The van der Waals surface area contributed by atoms with E-state index in [1.807, 2.05) is 43.3 Å². The molecule has 1 atom stereocenters. The van der Waals surface area contributed by atoms with Crippen LogP contribution in [-0.2, 0) is 4.79 Å². The molecule has 4 heteroatoms. The third kappa shape index (κ3) is 2.57. The monoisotopic (exact) mass is 280 g/mol. The zero-order valence-corrected chi connectivity index (χ0v) is 12.0. The van der Waals surface area contributed by atoms with Gasteiger partial charge in [0.05, 0.1) is 5.92 Å². The molecule has 21 heavy (non-hydrogen) atoms. The number of rotatable bonds is 4. The Hall–Kier alpha value is -2.49. The number of carbonyl (C=O) groups is 1. The third-order valence-corrected chi connectivity index (χ3v) is 3.65. The van der Waals surface area contributed by atoms with E-state index in [4.69, 9.17) is 4.52 Å². The Morgan fingerprint density at radius 3 is 2.71 bits per heavy atom. The second-order valence-electron chi connectivity index (χ2n) is 5.06. The number of Topliss-reactive ketones (excluding diaryl/α,β-unsaturated/α-hetero) is 1. The van der Waals surface area contributed by atoms with Gasteiger partial charge in [0.2, 0.25) is 11.7 Å². The lowest BCUT2D eigenvalue weighted by molar-refractivity contribution is -0.120. The molecule has 106 valence electrons. The van der Waals surface area contributed by atoms with Gasteiger partial charge in [-0.1, -0.05) is 48.5 Å². The van der Waals surface area contributed by atoms with Gasteiger partial charge in [-0.2, -0.15) is 4.98 Å².